The predicted octanol–water partition coefficient (Wildman–Crippen LogP) is 0.340. The molecule has 1 aliphatic carbocycles. The molecule has 5 nitrogen and oxygen atoms in total. The van der Waals surface area contributed by atoms with Crippen molar-refractivity contribution in [1.82, 2.24) is 15.1 Å². The summed E-state index contributed by atoms with van der Waals surface area (Å²) < 4.78 is 1.69. The molecule has 0 unspecified atom stereocenters. The van der Waals surface area contributed by atoms with Crippen molar-refractivity contribution in [3.05, 3.63) is 17.5 Å². The van der Waals surface area contributed by atoms with Crippen LogP contribution < -0.4 is 11.1 Å². The van der Waals surface area contributed by atoms with Crippen molar-refractivity contribution in [3.63, 3.8) is 0 Å². The van der Waals surface area contributed by atoms with Gasteiger partial charge >= 0.3 is 0 Å². The summed E-state index contributed by atoms with van der Waals surface area (Å²) in [6.45, 7) is 2.46. The molecule has 3 N–H and O–H groups in total. The Labute approximate surface area is 95.0 Å². The zero-order chi connectivity index (χ0) is 11.8. The molecule has 16 heavy (non-hydrogen) atoms. The smallest absolute Gasteiger partial charge is 0.271 e. The number of nitrogens with two attached hydrogens (primary N) is 1. The molecule has 5 heteroatoms. The molecule has 0 spiro atoms. The van der Waals surface area contributed by atoms with Gasteiger partial charge in [0.2, 0.25) is 0 Å². The largest absolute Gasteiger partial charge is 0.349 e. The van der Waals surface area contributed by atoms with Crippen LogP contribution in [0.5, 0.6) is 0 Å². The third-order valence-electron chi connectivity index (χ3n) is 3.30. The van der Waals surface area contributed by atoms with Crippen LogP contribution >= 0.6 is 0 Å². The number of rotatable bonds is 3. The second-order valence-electron chi connectivity index (χ2n) is 4.69. The van der Waals surface area contributed by atoms with E-state index in [2.05, 4.69) is 10.4 Å². The van der Waals surface area contributed by atoms with Crippen LogP contribution in [0.15, 0.2) is 6.07 Å². The monoisotopic (exact) mass is 222 g/mol. The predicted molar refractivity (Wildman–Crippen MR) is 61.0 cm³/mol. The molecule has 0 saturated heterocycles. The van der Waals surface area contributed by atoms with Gasteiger partial charge < -0.3 is 11.1 Å². The number of nitrogens with one attached hydrogen (secondary N) is 1. The summed E-state index contributed by atoms with van der Waals surface area (Å²) in [6, 6.07) is 1.78. The fourth-order valence-corrected chi connectivity index (χ4v) is 1.83. The number of nitrogens with zero attached hydrogens (tertiary/aromatic N) is 2. The van der Waals surface area contributed by atoms with Crippen molar-refractivity contribution < 1.29 is 4.79 Å². The lowest BCUT2D eigenvalue weighted by Crippen LogP contribution is -2.54. The highest BCUT2D eigenvalue weighted by molar-refractivity contribution is 5.92. The number of carbonyl (C=O) groups excluding carboxylic acids is 1. The summed E-state index contributed by atoms with van der Waals surface area (Å²) >= 11 is 0. The molecular formula is C11H18N4O. The van der Waals surface area contributed by atoms with Crippen LogP contribution in [0, 0.1) is 6.92 Å². The molecule has 1 aromatic rings. The minimum atomic E-state index is -0.181. The van der Waals surface area contributed by atoms with Gasteiger partial charge in [-0.05, 0) is 32.3 Å². The first-order valence-corrected chi connectivity index (χ1v) is 5.58. The molecule has 0 aliphatic heterocycles. The van der Waals surface area contributed by atoms with Crippen molar-refractivity contribution >= 4 is 5.91 Å². The van der Waals surface area contributed by atoms with E-state index in [1.54, 1.807) is 10.7 Å². The highest BCUT2D eigenvalue weighted by Crippen LogP contribution is 2.28. The average molecular weight is 222 g/mol. The van der Waals surface area contributed by atoms with Crippen LogP contribution in [0.2, 0.25) is 0 Å². The summed E-state index contributed by atoms with van der Waals surface area (Å²) in [5.41, 5.74) is 7.27. The number of aryl methyl sites for hydroxylation is 2. The van der Waals surface area contributed by atoms with Crippen LogP contribution in [0.3, 0.4) is 0 Å². The maximum absolute atomic E-state index is 11.8. The lowest BCUT2D eigenvalue weighted by atomic mass is 9.78. The first-order chi connectivity index (χ1) is 7.50. The molecule has 0 aromatic carbocycles. The SMILES string of the molecule is Cc1cc(C(=O)NCC2(N)CCC2)nn1C. The zero-order valence-corrected chi connectivity index (χ0v) is 9.79. The van der Waals surface area contributed by atoms with Crippen molar-refractivity contribution in [3.8, 4) is 0 Å². The molecule has 2 rings (SSSR count). The third kappa shape index (κ3) is 2.09. The minimum Gasteiger partial charge on any atom is -0.349 e. The van der Waals surface area contributed by atoms with Crippen molar-refractivity contribution in [2.75, 3.05) is 6.54 Å². The molecule has 1 aromatic heterocycles. The first kappa shape index (κ1) is 11.1. The fraction of sp³-hybridized carbons (Fsp3) is 0.636. The van der Waals surface area contributed by atoms with Gasteiger partial charge in [0.1, 0.15) is 5.69 Å². The molecule has 1 saturated carbocycles. The van der Waals surface area contributed by atoms with Crippen LogP contribution in [0.1, 0.15) is 35.4 Å². The second kappa shape index (κ2) is 3.90. The van der Waals surface area contributed by atoms with Gasteiger partial charge in [0, 0.05) is 24.8 Å². The van der Waals surface area contributed by atoms with Crippen LogP contribution in [-0.4, -0.2) is 27.8 Å². The van der Waals surface area contributed by atoms with Crippen molar-refractivity contribution in [2.24, 2.45) is 12.8 Å². The minimum absolute atomic E-state index is 0.138. The van der Waals surface area contributed by atoms with Gasteiger partial charge in [-0.2, -0.15) is 5.10 Å². The molecule has 1 amide bonds. The topological polar surface area (TPSA) is 72.9 Å². The van der Waals surface area contributed by atoms with Crippen LogP contribution in [0.4, 0.5) is 0 Å². The van der Waals surface area contributed by atoms with Crippen LogP contribution in [-0.2, 0) is 7.05 Å². The van der Waals surface area contributed by atoms with E-state index in [0.717, 1.165) is 25.0 Å². The molecule has 88 valence electrons. The first-order valence-electron chi connectivity index (χ1n) is 5.58. The molecule has 1 heterocycles. The Kier molecular flexibility index (Phi) is 2.71. The van der Waals surface area contributed by atoms with Gasteiger partial charge in [-0.15, -0.1) is 0 Å². The number of hydrogen-bond acceptors (Lipinski definition) is 3. The number of amides is 1. The Morgan fingerprint density at radius 2 is 2.38 bits per heavy atom. The van der Waals surface area contributed by atoms with E-state index in [-0.39, 0.29) is 11.4 Å². The number of carbonyl (C=O) groups is 1. The van der Waals surface area contributed by atoms with Gasteiger partial charge in [-0.3, -0.25) is 9.48 Å². The third-order valence-corrected chi connectivity index (χ3v) is 3.30. The van der Waals surface area contributed by atoms with Gasteiger partial charge in [-0.1, -0.05) is 0 Å². The zero-order valence-electron chi connectivity index (χ0n) is 9.79. The van der Waals surface area contributed by atoms with Gasteiger partial charge in [0.05, 0.1) is 0 Å². The van der Waals surface area contributed by atoms with Crippen molar-refractivity contribution in [1.29, 1.82) is 0 Å². The summed E-state index contributed by atoms with van der Waals surface area (Å²) in [7, 11) is 1.82. The summed E-state index contributed by atoms with van der Waals surface area (Å²) in [4.78, 5) is 11.8. The standard InChI is InChI=1S/C11H18N4O/c1-8-6-9(14-15(8)2)10(16)13-7-11(12)4-3-5-11/h6H,3-5,7,12H2,1-2H3,(H,13,16). The lowest BCUT2D eigenvalue weighted by molar-refractivity contribution is 0.0924. The van der Waals surface area contributed by atoms with Gasteiger partial charge in [0.15, 0.2) is 0 Å². The van der Waals surface area contributed by atoms with E-state index in [9.17, 15) is 4.79 Å². The average Bonchev–Trinajstić information content (AvgIpc) is 2.53. The maximum atomic E-state index is 11.8. The quantitative estimate of drug-likeness (QED) is 0.774. The van der Waals surface area contributed by atoms with Crippen molar-refractivity contribution in [2.45, 2.75) is 31.7 Å². The Hall–Kier alpha value is -1.36. The fourth-order valence-electron chi connectivity index (χ4n) is 1.83. The van der Waals surface area contributed by atoms with E-state index in [0.29, 0.717) is 12.2 Å². The molecule has 1 fully saturated rings. The lowest BCUT2D eigenvalue weighted by Gasteiger charge is -2.37. The molecule has 0 atom stereocenters. The molecule has 1 aliphatic rings. The van der Waals surface area contributed by atoms with E-state index in [1.807, 2.05) is 14.0 Å². The summed E-state index contributed by atoms with van der Waals surface area (Å²) in [5, 5.41) is 6.96. The maximum Gasteiger partial charge on any atom is 0.271 e. The van der Waals surface area contributed by atoms with Gasteiger partial charge in [0.25, 0.3) is 5.91 Å². The normalized spacial score (nSPS) is 17.9. The summed E-state index contributed by atoms with van der Waals surface area (Å²) in [6.07, 6.45) is 3.15. The van der Waals surface area contributed by atoms with Crippen LogP contribution in [0.25, 0.3) is 0 Å². The Balaban J connectivity index is 1.93. The Morgan fingerprint density at radius 1 is 1.69 bits per heavy atom. The molecular weight excluding hydrogens is 204 g/mol. The van der Waals surface area contributed by atoms with E-state index >= 15 is 0 Å². The van der Waals surface area contributed by atoms with E-state index < -0.39 is 0 Å². The highest BCUT2D eigenvalue weighted by Gasteiger charge is 2.32. The number of aromatic nitrogens is 2. The highest BCUT2D eigenvalue weighted by atomic mass is 16.1. The van der Waals surface area contributed by atoms with E-state index in [4.69, 9.17) is 5.73 Å². The Morgan fingerprint density at radius 3 is 2.81 bits per heavy atom. The Bertz CT molecular complexity index is 387. The molecule has 0 bridgehead atoms. The van der Waals surface area contributed by atoms with E-state index in [1.165, 1.54) is 0 Å². The second-order valence-corrected chi connectivity index (χ2v) is 4.69. The summed E-state index contributed by atoms with van der Waals surface area (Å²) in [5.74, 6) is -0.138. The number of hydrogen-bond donors (Lipinski definition) is 2. The van der Waals surface area contributed by atoms with Gasteiger partial charge in [-0.25, -0.2) is 0 Å². The molecule has 0 radical (unpaired) electrons.